The summed E-state index contributed by atoms with van der Waals surface area (Å²) in [4.78, 5) is 13.0. The summed E-state index contributed by atoms with van der Waals surface area (Å²) in [5, 5.41) is 0.622. The molecule has 3 heterocycles. The minimum atomic E-state index is 0.319. The van der Waals surface area contributed by atoms with Gasteiger partial charge < -0.3 is 9.47 Å². The van der Waals surface area contributed by atoms with Crippen LogP contribution in [0.1, 0.15) is 5.69 Å². The van der Waals surface area contributed by atoms with Gasteiger partial charge in [0.1, 0.15) is 12.4 Å². The molecule has 0 radical (unpaired) electrons. The Hall–Kier alpha value is -3.12. The predicted octanol–water partition coefficient (Wildman–Crippen LogP) is 4.03. The van der Waals surface area contributed by atoms with Gasteiger partial charge in [0.25, 0.3) is 0 Å². The molecule has 3 aromatic heterocycles. The van der Waals surface area contributed by atoms with Crippen LogP contribution in [0.4, 0.5) is 0 Å². The Bertz CT molecular complexity index is 1050. The molecule has 0 saturated heterocycles. The van der Waals surface area contributed by atoms with Crippen LogP contribution < -0.4 is 9.47 Å². The van der Waals surface area contributed by atoms with E-state index in [4.69, 9.17) is 21.1 Å². The van der Waals surface area contributed by atoms with Gasteiger partial charge in [-0.3, -0.25) is 4.40 Å². The van der Waals surface area contributed by atoms with E-state index in [1.54, 1.807) is 31.6 Å². The SMILES string of the molecule is COc1cc(Cl)ccc1-c1cnc2nc(COc3ccccn3)cn2c1. The molecule has 0 amide bonds. The Balaban J connectivity index is 1.62. The molecule has 0 aliphatic heterocycles. The highest BCUT2D eigenvalue weighted by atomic mass is 35.5. The summed E-state index contributed by atoms with van der Waals surface area (Å²) in [6.45, 7) is 0.319. The van der Waals surface area contributed by atoms with Crippen molar-refractivity contribution < 1.29 is 9.47 Å². The van der Waals surface area contributed by atoms with Crippen LogP contribution in [0.3, 0.4) is 0 Å². The van der Waals surface area contributed by atoms with Crippen molar-refractivity contribution >= 4 is 17.4 Å². The van der Waals surface area contributed by atoms with E-state index in [9.17, 15) is 0 Å². The fraction of sp³-hybridized carbons (Fsp3) is 0.105. The number of hydrogen-bond acceptors (Lipinski definition) is 5. The van der Waals surface area contributed by atoms with E-state index in [2.05, 4.69) is 15.0 Å². The Morgan fingerprint density at radius 2 is 2.04 bits per heavy atom. The largest absolute Gasteiger partial charge is 0.496 e. The number of pyridine rings is 1. The number of methoxy groups -OCH3 is 1. The van der Waals surface area contributed by atoms with Crippen molar-refractivity contribution in [3.8, 4) is 22.8 Å². The molecule has 26 heavy (non-hydrogen) atoms. The molecule has 0 spiro atoms. The Labute approximate surface area is 155 Å². The highest BCUT2D eigenvalue weighted by molar-refractivity contribution is 6.30. The molecular weight excluding hydrogens is 352 g/mol. The summed E-state index contributed by atoms with van der Waals surface area (Å²) in [6.07, 6.45) is 7.28. The van der Waals surface area contributed by atoms with Crippen LogP contribution >= 0.6 is 11.6 Å². The molecule has 0 atom stereocenters. The summed E-state index contributed by atoms with van der Waals surface area (Å²) < 4.78 is 12.9. The van der Waals surface area contributed by atoms with Gasteiger partial charge in [-0.25, -0.2) is 15.0 Å². The van der Waals surface area contributed by atoms with E-state index in [0.29, 0.717) is 29.0 Å². The van der Waals surface area contributed by atoms with Crippen LogP contribution in [0.25, 0.3) is 16.9 Å². The second-order valence-corrected chi connectivity index (χ2v) is 6.02. The lowest BCUT2D eigenvalue weighted by atomic mass is 10.1. The van der Waals surface area contributed by atoms with Gasteiger partial charge in [0, 0.05) is 47.0 Å². The number of halogens is 1. The molecule has 7 heteroatoms. The van der Waals surface area contributed by atoms with Crippen LogP contribution in [0, 0.1) is 0 Å². The Morgan fingerprint density at radius 3 is 2.85 bits per heavy atom. The van der Waals surface area contributed by atoms with Crippen molar-refractivity contribution in [1.82, 2.24) is 19.4 Å². The Morgan fingerprint density at radius 1 is 1.12 bits per heavy atom. The third-order valence-corrected chi connectivity index (χ3v) is 4.08. The van der Waals surface area contributed by atoms with E-state index in [1.165, 1.54) is 0 Å². The van der Waals surface area contributed by atoms with Gasteiger partial charge in [0.2, 0.25) is 11.7 Å². The van der Waals surface area contributed by atoms with Gasteiger partial charge in [-0.2, -0.15) is 0 Å². The number of aromatic nitrogens is 4. The molecule has 0 saturated carbocycles. The average molecular weight is 367 g/mol. The van der Waals surface area contributed by atoms with Crippen molar-refractivity contribution in [2.24, 2.45) is 0 Å². The minimum Gasteiger partial charge on any atom is -0.496 e. The quantitative estimate of drug-likeness (QED) is 0.533. The van der Waals surface area contributed by atoms with Crippen molar-refractivity contribution in [2.75, 3.05) is 7.11 Å². The summed E-state index contributed by atoms with van der Waals surface area (Å²) in [5.41, 5.74) is 2.58. The van der Waals surface area contributed by atoms with Gasteiger partial charge in [0.15, 0.2) is 0 Å². The smallest absolute Gasteiger partial charge is 0.234 e. The van der Waals surface area contributed by atoms with E-state index in [1.807, 2.05) is 41.1 Å². The monoisotopic (exact) mass is 366 g/mol. The van der Waals surface area contributed by atoms with E-state index in [0.717, 1.165) is 16.8 Å². The minimum absolute atomic E-state index is 0.319. The molecule has 130 valence electrons. The number of imidazole rings is 1. The van der Waals surface area contributed by atoms with E-state index < -0.39 is 0 Å². The lowest BCUT2D eigenvalue weighted by molar-refractivity contribution is 0.290. The number of ether oxygens (including phenoxy) is 2. The lowest BCUT2D eigenvalue weighted by Crippen LogP contribution is -1.96. The summed E-state index contributed by atoms with van der Waals surface area (Å²) >= 11 is 6.04. The first-order valence-electron chi connectivity index (χ1n) is 7.94. The maximum Gasteiger partial charge on any atom is 0.234 e. The van der Waals surface area contributed by atoms with Crippen molar-refractivity contribution in [3.05, 3.63) is 71.9 Å². The van der Waals surface area contributed by atoms with Crippen molar-refractivity contribution in [3.63, 3.8) is 0 Å². The molecule has 0 bridgehead atoms. The standard InChI is InChI=1S/C19H15ClN4O2/c1-25-17-8-14(20)5-6-16(17)13-9-22-19-23-15(11-24(19)10-13)12-26-18-4-2-3-7-21-18/h2-11H,12H2,1H3. The van der Waals surface area contributed by atoms with E-state index in [-0.39, 0.29) is 0 Å². The third-order valence-electron chi connectivity index (χ3n) is 3.84. The molecule has 1 aromatic carbocycles. The second kappa shape index (κ2) is 7.01. The third kappa shape index (κ3) is 3.32. The molecule has 0 unspecified atom stereocenters. The molecule has 4 aromatic rings. The Kier molecular flexibility index (Phi) is 4.41. The number of rotatable bonds is 5. The van der Waals surface area contributed by atoms with E-state index >= 15 is 0 Å². The normalized spacial score (nSPS) is 10.8. The zero-order chi connectivity index (χ0) is 17.9. The van der Waals surface area contributed by atoms with Crippen LogP contribution in [0.5, 0.6) is 11.6 Å². The predicted molar refractivity (Wildman–Crippen MR) is 98.6 cm³/mol. The zero-order valence-electron chi connectivity index (χ0n) is 14.0. The average Bonchev–Trinajstić information content (AvgIpc) is 3.09. The molecule has 0 aliphatic rings. The van der Waals surface area contributed by atoms with Gasteiger partial charge in [-0.1, -0.05) is 17.7 Å². The highest BCUT2D eigenvalue weighted by Gasteiger charge is 2.10. The summed E-state index contributed by atoms with van der Waals surface area (Å²) in [6, 6.07) is 11.0. The van der Waals surface area contributed by atoms with Crippen molar-refractivity contribution in [2.45, 2.75) is 6.61 Å². The first-order chi connectivity index (χ1) is 12.7. The van der Waals surface area contributed by atoms with Crippen LogP contribution in [-0.4, -0.2) is 26.5 Å². The molecule has 4 rings (SSSR count). The first-order valence-corrected chi connectivity index (χ1v) is 8.32. The maximum atomic E-state index is 6.04. The topological polar surface area (TPSA) is 61.5 Å². The molecule has 0 fully saturated rings. The fourth-order valence-corrected chi connectivity index (χ4v) is 2.79. The van der Waals surface area contributed by atoms with Crippen LogP contribution in [-0.2, 0) is 6.61 Å². The van der Waals surface area contributed by atoms with Crippen LogP contribution in [0.15, 0.2) is 61.2 Å². The number of benzene rings is 1. The number of nitrogens with zero attached hydrogens (tertiary/aromatic N) is 4. The molecule has 6 nitrogen and oxygen atoms in total. The summed E-state index contributed by atoms with van der Waals surface area (Å²) in [5.74, 6) is 1.85. The highest BCUT2D eigenvalue weighted by Crippen LogP contribution is 2.32. The second-order valence-electron chi connectivity index (χ2n) is 5.58. The maximum absolute atomic E-state index is 6.04. The zero-order valence-corrected chi connectivity index (χ0v) is 14.7. The van der Waals surface area contributed by atoms with Gasteiger partial charge in [-0.05, 0) is 24.3 Å². The molecular formula is C19H15ClN4O2. The van der Waals surface area contributed by atoms with Crippen molar-refractivity contribution in [1.29, 1.82) is 0 Å². The van der Waals surface area contributed by atoms with Gasteiger partial charge >= 0.3 is 0 Å². The summed E-state index contributed by atoms with van der Waals surface area (Å²) in [7, 11) is 1.62. The first kappa shape index (κ1) is 16.4. The lowest BCUT2D eigenvalue weighted by Gasteiger charge is -2.09. The number of hydrogen-bond donors (Lipinski definition) is 0. The number of fused-ring (bicyclic) bond motifs is 1. The molecule has 0 aliphatic carbocycles. The van der Waals surface area contributed by atoms with Gasteiger partial charge in [-0.15, -0.1) is 0 Å². The van der Waals surface area contributed by atoms with Crippen LogP contribution in [0.2, 0.25) is 5.02 Å². The molecule has 0 N–H and O–H groups in total. The van der Waals surface area contributed by atoms with Gasteiger partial charge in [0.05, 0.1) is 12.8 Å². The fourth-order valence-electron chi connectivity index (χ4n) is 2.63.